The van der Waals surface area contributed by atoms with Crippen LogP contribution < -0.4 is 10.6 Å². The second kappa shape index (κ2) is 8.03. The van der Waals surface area contributed by atoms with Gasteiger partial charge in [-0.05, 0) is 24.7 Å². The van der Waals surface area contributed by atoms with Crippen molar-refractivity contribution >= 4 is 29.1 Å². The number of hydrogen-bond acceptors (Lipinski definition) is 5. The van der Waals surface area contributed by atoms with Crippen LogP contribution >= 0.6 is 11.3 Å². The maximum absolute atomic E-state index is 12.7. The van der Waals surface area contributed by atoms with Crippen LogP contribution in [0.1, 0.15) is 24.0 Å². The molecule has 7 nitrogen and oxygen atoms in total. The summed E-state index contributed by atoms with van der Waals surface area (Å²) in [4.78, 5) is 35.6. The van der Waals surface area contributed by atoms with E-state index in [0.717, 1.165) is 36.5 Å². The zero-order chi connectivity index (χ0) is 19.7. The lowest BCUT2D eigenvalue weighted by atomic mass is 9.85. The van der Waals surface area contributed by atoms with Gasteiger partial charge in [0.05, 0.1) is 22.5 Å². The van der Waals surface area contributed by atoms with Gasteiger partial charge in [-0.2, -0.15) is 0 Å². The minimum atomic E-state index is -0.119. The van der Waals surface area contributed by atoms with Crippen molar-refractivity contribution in [2.45, 2.75) is 26.2 Å². The van der Waals surface area contributed by atoms with Gasteiger partial charge in [-0.25, -0.2) is 4.98 Å². The molecule has 8 heteroatoms. The molecule has 28 heavy (non-hydrogen) atoms. The van der Waals surface area contributed by atoms with E-state index in [9.17, 15) is 9.59 Å². The van der Waals surface area contributed by atoms with Gasteiger partial charge in [0.2, 0.25) is 11.8 Å². The van der Waals surface area contributed by atoms with Gasteiger partial charge in [0.25, 0.3) is 0 Å². The standard InChI is InChI=1S/C20H27N5O2S/c1-3-15-24-14(11-28-15)6-7-22-20(21-2)23-8-9-25-18(26)16-12-4-5-13(10-12)17(16)19(25)27/h4-5,11-13,16-17H,3,6-10H2,1-2H3,(H2,21,22,23). The number of aryl methyl sites for hydroxylation is 1. The number of allylic oxidation sites excluding steroid dienone is 2. The molecule has 1 aromatic rings. The summed E-state index contributed by atoms with van der Waals surface area (Å²) in [5.74, 6) is 0.971. The van der Waals surface area contributed by atoms with E-state index in [2.05, 4.69) is 45.1 Å². The maximum Gasteiger partial charge on any atom is 0.233 e. The molecule has 150 valence electrons. The molecule has 1 saturated heterocycles. The van der Waals surface area contributed by atoms with Crippen molar-refractivity contribution in [2.75, 3.05) is 26.7 Å². The second-order valence-electron chi connectivity index (χ2n) is 7.59. The number of aliphatic imine (C=N–C) groups is 1. The molecule has 4 unspecified atom stereocenters. The smallest absolute Gasteiger partial charge is 0.233 e. The number of hydrogen-bond donors (Lipinski definition) is 2. The first kappa shape index (κ1) is 19.1. The lowest BCUT2D eigenvalue weighted by molar-refractivity contribution is -0.140. The van der Waals surface area contributed by atoms with Crippen LogP contribution in [0.2, 0.25) is 0 Å². The van der Waals surface area contributed by atoms with E-state index >= 15 is 0 Å². The number of nitrogens with zero attached hydrogens (tertiary/aromatic N) is 3. The van der Waals surface area contributed by atoms with Gasteiger partial charge in [-0.3, -0.25) is 19.5 Å². The molecule has 2 amide bonds. The number of fused-ring (bicyclic) bond motifs is 5. The van der Waals surface area contributed by atoms with Crippen LogP contribution in [0.5, 0.6) is 0 Å². The quantitative estimate of drug-likeness (QED) is 0.311. The van der Waals surface area contributed by atoms with Gasteiger partial charge >= 0.3 is 0 Å². The minimum absolute atomic E-state index is 0.00635. The highest BCUT2D eigenvalue weighted by molar-refractivity contribution is 7.09. The second-order valence-corrected chi connectivity index (χ2v) is 8.53. The molecule has 1 aliphatic heterocycles. The lowest BCUT2D eigenvalue weighted by Gasteiger charge is -2.18. The molecule has 2 heterocycles. The van der Waals surface area contributed by atoms with Gasteiger partial charge in [0, 0.05) is 38.5 Å². The molecule has 2 N–H and O–H groups in total. The Morgan fingerprint density at radius 1 is 1.21 bits per heavy atom. The summed E-state index contributed by atoms with van der Waals surface area (Å²) in [5, 5.41) is 9.72. The Balaban J connectivity index is 1.22. The predicted octanol–water partition coefficient (Wildman–Crippen LogP) is 1.22. The maximum atomic E-state index is 12.7. The number of carbonyl (C=O) groups excluding carboxylic acids is 2. The van der Waals surface area contributed by atoms with Crippen molar-refractivity contribution in [1.82, 2.24) is 20.5 Å². The molecule has 0 spiro atoms. The van der Waals surface area contributed by atoms with Crippen molar-refractivity contribution in [3.8, 4) is 0 Å². The van der Waals surface area contributed by atoms with E-state index in [-0.39, 0.29) is 35.5 Å². The number of nitrogens with one attached hydrogen (secondary N) is 2. The summed E-state index contributed by atoms with van der Waals surface area (Å²) >= 11 is 1.70. The Morgan fingerprint density at radius 2 is 1.89 bits per heavy atom. The van der Waals surface area contributed by atoms with E-state index in [0.29, 0.717) is 19.0 Å². The Hall–Kier alpha value is -2.22. The summed E-state index contributed by atoms with van der Waals surface area (Å²) in [6, 6.07) is 0. The van der Waals surface area contributed by atoms with Crippen LogP contribution in [0, 0.1) is 23.7 Å². The fourth-order valence-electron chi connectivity index (χ4n) is 4.63. The average Bonchev–Trinajstić information content (AvgIpc) is 3.47. The van der Waals surface area contributed by atoms with Gasteiger partial charge in [-0.15, -0.1) is 11.3 Å². The van der Waals surface area contributed by atoms with Crippen LogP contribution in [-0.2, 0) is 22.4 Å². The summed E-state index contributed by atoms with van der Waals surface area (Å²) in [7, 11) is 1.72. The van der Waals surface area contributed by atoms with Crippen molar-refractivity contribution in [3.63, 3.8) is 0 Å². The van der Waals surface area contributed by atoms with E-state index < -0.39 is 0 Å². The monoisotopic (exact) mass is 401 g/mol. The highest BCUT2D eigenvalue weighted by Crippen LogP contribution is 2.52. The fourth-order valence-corrected chi connectivity index (χ4v) is 5.41. The van der Waals surface area contributed by atoms with Gasteiger partial charge in [0.1, 0.15) is 0 Å². The number of thiazole rings is 1. The highest BCUT2D eigenvalue weighted by atomic mass is 32.1. The molecule has 2 aliphatic carbocycles. The lowest BCUT2D eigenvalue weighted by Crippen LogP contribution is -2.44. The van der Waals surface area contributed by atoms with Crippen molar-refractivity contribution in [1.29, 1.82) is 0 Å². The average molecular weight is 402 g/mol. The topological polar surface area (TPSA) is 86.7 Å². The molecule has 1 aromatic heterocycles. The van der Waals surface area contributed by atoms with Gasteiger partial charge in [-0.1, -0.05) is 19.1 Å². The fraction of sp³-hybridized carbons (Fsp3) is 0.600. The van der Waals surface area contributed by atoms with Crippen molar-refractivity contribution in [3.05, 3.63) is 28.2 Å². The number of aromatic nitrogens is 1. The van der Waals surface area contributed by atoms with Crippen LogP contribution in [0.3, 0.4) is 0 Å². The van der Waals surface area contributed by atoms with E-state index in [4.69, 9.17) is 0 Å². The van der Waals surface area contributed by atoms with Crippen molar-refractivity contribution < 1.29 is 9.59 Å². The highest BCUT2D eigenvalue weighted by Gasteiger charge is 2.58. The molecule has 3 aliphatic rings. The molecule has 2 fully saturated rings. The zero-order valence-electron chi connectivity index (χ0n) is 16.4. The molecule has 4 atom stereocenters. The van der Waals surface area contributed by atoms with E-state index in [1.165, 1.54) is 4.90 Å². The number of likely N-dealkylation sites (tertiary alicyclic amines) is 1. The number of amides is 2. The zero-order valence-corrected chi connectivity index (χ0v) is 17.2. The third kappa shape index (κ3) is 3.45. The van der Waals surface area contributed by atoms with Crippen LogP contribution in [0.15, 0.2) is 22.5 Å². The molecule has 2 bridgehead atoms. The van der Waals surface area contributed by atoms with Crippen LogP contribution in [0.4, 0.5) is 0 Å². The summed E-state index contributed by atoms with van der Waals surface area (Å²) < 4.78 is 0. The number of carbonyl (C=O) groups is 2. The first-order chi connectivity index (χ1) is 13.6. The summed E-state index contributed by atoms with van der Waals surface area (Å²) in [6.45, 7) is 3.72. The molecule has 0 radical (unpaired) electrons. The number of rotatable bonds is 7. The number of guanidine groups is 1. The Kier molecular flexibility index (Phi) is 5.48. The molecule has 4 rings (SSSR count). The first-order valence-corrected chi connectivity index (χ1v) is 10.9. The minimum Gasteiger partial charge on any atom is -0.356 e. The Labute approximate surface area is 169 Å². The summed E-state index contributed by atoms with van der Waals surface area (Å²) in [5.41, 5.74) is 1.09. The van der Waals surface area contributed by atoms with Crippen LogP contribution in [0.25, 0.3) is 0 Å². The third-order valence-electron chi connectivity index (χ3n) is 5.99. The number of imide groups is 1. The Morgan fingerprint density at radius 3 is 2.50 bits per heavy atom. The third-order valence-corrected chi connectivity index (χ3v) is 7.03. The Bertz CT molecular complexity index is 787. The van der Waals surface area contributed by atoms with Crippen LogP contribution in [-0.4, -0.2) is 54.3 Å². The van der Waals surface area contributed by atoms with Crippen molar-refractivity contribution in [2.24, 2.45) is 28.7 Å². The van der Waals surface area contributed by atoms with E-state index in [1.54, 1.807) is 18.4 Å². The SMILES string of the molecule is CCc1nc(CCNC(=NC)NCCN2C(=O)C3C4C=CC(C4)C3C2=O)cs1. The first-order valence-electron chi connectivity index (χ1n) is 10.0. The molecule has 1 saturated carbocycles. The van der Waals surface area contributed by atoms with Gasteiger partial charge in [0.15, 0.2) is 5.96 Å². The predicted molar refractivity (Wildman–Crippen MR) is 109 cm³/mol. The molecular weight excluding hydrogens is 374 g/mol. The molecule has 0 aromatic carbocycles. The largest absolute Gasteiger partial charge is 0.356 e. The van der Waals surface area contributed by atoms with E-state index in [1.807, 2.05) is 0 Å². The molecular formula is C20H27N5O2S. The summed E-state index contributed by atoms with van der Waals surface area (Å²) in [6.07, 6.45) is 7.01. The van der Waals surface area contributed by atoms with Gasteiger partial charge < -0.3 is 10.6 Å². The normalized spacial score (nSPS) is 28.4.